The zero-order valence-corrected chi connectivity index (χ0v) is 17.5. The molecule has 0 saturated carbocycles. The number of hydrazone groups is 1. The zero-order chi connectivity index (χ0) is 21.6. The van der Waals surface area contributed by atoms with E-state index >= 15 is 0 Å². The molecule has 0 radical (unpaired) electrons. The second-order valence-electron chi connectivity index (χ2n) is 6.49. The van der Waals surface area contributed by atoms with Crippen molar-refractivity contribution in [3.63, 3.8) is 0 Å². The summed E-state index contributed by atoms with van der Waals surface area (Å²) in [4.78, 5) is 23.1. The van der Waals surface area contributed by atoms with Crippen LogP contribution in [0.4, 0.5) is 5.69 Å². The van der Waals surface area contributed by atoms with Crippen LogP contribution in [0.3, 0.4) is 0 Å². The lowest BCUT2D eigenvalue weighted by Crippen LogP contribution is -2.39. The summed E-state index contributed by atoms with van der Waals surface area (Å²) in [7, 11) is -3.66. The van der Waals surface area contributed by atoms with Crippen LogP contribution in [-0.4, -0.2) is 39.3 Å². The molecular formula is C20H23N3O5S. The van der Waals surface area contributed by atoms with Gasteiger partial charge in [0.25, 0.3) is 5.91 Å². The number of hydrogen-bond donors (Lipinski definition) is 1. The lowest BCUT2D eigenvalue weighted by Gasteiger charge is -2.22. The number of amides is 1. The fourth-order valence-electron chi connectivity index (χ4n) is 2.41. The minimum atomic E-state index is -3.66. The molecular weight excluding hydrogens is 394 g/mol. The lowest BCUT2D eigenvalue weighted by atomic mass is 10.1. The lowest BCUT2D eigenvalue weighted by molar-refractivity contribution is -0.131. The van der Waals surface area contributed by atoms with Crippen LogP contribution in [0, 0.1) is 13.8 Å². The van der Waals surface area contributed by atoms with Crippen LogP contribution in [0.2, 0.25) is 0 Å². The summed E-state index contributed by atoms with van der Waals surface area (Å²) in [6.45, 7) is 4.70. The third-order valence-electron chi connectivity index (χ3n) is 4.01. The number of anilines is 1. The van der Waals surface area contributed by atoms with Crippen molar-refractivity contribution in [1.82, 2.24) is 5.43 Å². The molecule has 154 valence electrons. The van der Waals surface area contributed by atoms with E-state index in [-0.39, 0.29) is 0 Å². The van der Waals surface area contributed by atoms with E-state index in [4.69, 9.17) is 4.74 Å². The molecule has 0 heterocycles. The van der Waals surface area contributed by atoms with E-state index in [1.807, 2.05) is 13.8 Å². The number of sulfonamides is 1. The Morgan fingerprint density at radius 2 is 1.76 bits per heavy atom. The van der Waals surface area contributed by atoms with Gasteiger partial charge in [-0.3, -0.25) is 13.9 Å². The van der Waals surface area contributed by atoms with Crippen molar-refractivity contribution in [2.24, 2.45) is 5.10 Å². The summed E-state index contributed by atoms with van der Waals surface area (Å²) in [6.07, 6.45) is 2.44. The van der Waals surface area contributed by atoms with Crippen molar-refractivity contribution < 1.29 is 22.7 Å². The van der Waals surface area contributed by atoms with Gasteiger partial charge in [0.05, 0.1) is 18.2 Å². The van der Waals surface area contributed by atoms with Crippen LogP contribution in [0.15, 0.2) is 47.6 Å². The monoisotopic (exact) mass is 417 g/mol. The molecule has 0 saturated heterocycles. The van der Waals surface area contributed by atoms with Crippen LogP contribution >= 0.6 is 0 Å². The number of carbonyl (C=O) groups excluding carboxylic acids is 2. The Hall–Kier alpha value is -3.20. The van der Waals surface area contributed by atoms with E-state index in [1.165, 1.54) is 13.1 Å². The summed E-state index contributed by atoms with van der Waals surface area (Å²) in [5.41, 5.74) is 5.34. The molecule has 0 aliphatic heterocycles. The first kappa shape index (κ1) is 22.1. The quantitative estimate of drug-likeness (QED) is 0.322. The van der Waals surface area contributed by atoms with Crippen LogP contribution in [0.1, 0.15) is 23.6 Å². The van der Waals surface area contributed by atoms with E-state index in [0.29, 0.717) is 17.0 Å². The van der Waals surface area contributed by atoms with Crippen molar-refractivity contribution >= 4 is 33.8 Å². The molecule has 2 rings (SSSR count). The molecule has 1 amide bonds. The van der Waals surface area contributed by atoms with Gasteiger partial charge in [-0.25, -0.2) is 13.8 Å². The SMILES string of the molecule is CC(=O)Oc1ccc(/C=N\NC(=O)CN(c2ccc(C)c(C)c2)S(C)(=O)=O)cc1. The first-order valence-electron chi connectivity index (χ1n) is 8.71. The molecule has 0 atom stereocenters. The average molecular weight is 417 g/mol. The summed E-state index contributed by atoms with van der Waals surface area (Å²) < 4.78 is 30.2. The Labute approximate surface area is 170 Å². The number of nitrogens with zero attached hydrogens (tertiary/aromatic N) is 2. The number of aryl methyl sites for hydroxylation is 2. The maximum absolute atomic E-state index is 12.2. The smallest absolute Gasteiger partial charge is 0.308 e. The number of rotatable bonds is 7. The first-order chi connectivity index (χ1) is 13.6. The second kappa shape index (κ2) is 9.33. The Balaban J connectivity index is 2.04. The van der Waals surface area contributed by atoms with Gasteiger partial charge in [0.1, 0.15) is 12.3 Å². The second-order valence-corrected chi connectivity index (χ2v) is 8.40. The van der Waals surface area contributed by atoms with Gasteiger partial charge in [0, 0.05) is 6.92 Å². The minimum Gasteiger partial charge on any atom is -0.427 e. The van der Waals surface area contributed by atoms with Crippen LogP contribution in [0.25, 0.3) is 0 Å². The number of benzene rings is 2. The molecule has 2 aromatic rings. The predicted octanol–water partition coefficient (Wildman–Crippen LogP) is 2.15. The molecule has 0 spiro atoms. The minimum absolute atomic E-state index is 0.399. The number of carbonyl (C=O) groups is 2. The normalized spacial score (nSPS) is 11.3. The highest BCUT2D eigenvalue weighted by molar-refractivity contribution is 7.92. The topological polar surface area (TPSA) is 105 Å². The van der Waals surface area contributed by atoms with Gasteiger partial charge in [-0.2, -0.15) is 5.10 Å². The summed E-state index contributed by atoms with van der Waals surface area (Å²) in [6, 6.07) is 11.7. The fourth-order valence-corrected chi connectivity index (χ4v) is 3.26. The van der Waals surface area contributed by atoms with Gasteiger partial charge < -0.3 is 4.74 Å². The maximum atomic E-state index is 12.2. The molecule has 0 aromatic heterocycles. The standard InChI is InChI=1S/C20H23N3O5S/c1-14-5-8-18(11-15(14)2)23(29(4,26)27)13-20(25)22-21-12-17-6-9-19(10-7-17)28-16(3)24/h5-12H,13H2,1-4H3,(H,22,25)/b21-12-. The third-order valence-corrected chi connectivity index (χ3v) is 5.15. The Morgan fingerprint density at radius 3 is 2.31 bits per heavy atom. The maximum Gasteiger partial charge on any atom is 0.308 e. The number of nitrogens with one attached hydrogen (secondary N) is 1. The van der Waals surface area contributed by atoms with Crippen molar-refractivity contribution in [2.75, 3.05) is 17.1 Å². The first-order valence-corrected chi connectivity index (χ1v) is 10.6. The molecule has 9 heteroatoms. The van der Waals surface area contributed by atoms with E-state index in [9.17, 15) is 18.0 Å². The highest BCUT2D eigenvalue weighted by Gasteiger charge is 2.21. The van der Waals surface area contributed by atoms with E-state index in [2.05, 4.69) is 10.5 Å². The molecule has 0 fully saturated rings. The van der Waals surface area contributed by atoms with Gasteiger partial charge in [0.2, 0.25) is 10.0 Å². The number of ether oxygens (including phenoxy) is 1. The Bertz CT molecular complexity index is 1030. The Morgan fingerprint density at radius 1 is 1.10 bits per heavy atom. The fraction of sp³-hybridized carbons (Fsp3) is 0.250. The van der Waals surface area contributed by atoms with Gasteiger partial charge in [-0.15, -0.1) is 0 Å². The molecule has 0 aliphatic rings. The van der Waals surface area contributed by atoms with Crippen LogP contribution in [0.5, 0.6) is 5.75 Å². The summed E-state index contributed by atoms with van der Waals surface area (Å²) in [5.74, 6) is -0.602. The predicted molar refractivity (Wildman–Crippen MR) is 112 cm³/mol. The number of esters is 1. The van der Waals surface area contributed by atoms with Crippen molar-refractivity contribution in [2.45, 2.75) is 20.8 Å². The number of hydrogen-bond acceptors (Lipinski definition) is 6. The molecule has 0 unspecified atom stereocenters. The molecule has 0 aliphatic carbocycles. The summed E-state index contributed by atoms with van der Waals surface area (Å²) >= 11 is 0. The Kier molecular flexibility index (Phi) is 7.11. The van der Waals surface area contributed by atoms with Crippen LogP contribution < -0.4 is 14.5 Å². The van der Waals surface area contributed by atoms with E-state index in [1.54, 1.807) is 42.5 Å². The van der Waals surface area contributed by atoms with Crippen molar-refractivity contribution in [3.05, 3.63) is 59.2 Å². The zero-order valence-electron chi connectivity index (χ0n) is 16.7. The third kappa shape index (κ3) is 6.72. The van der Waals surface area contributed by atoms with E-state index in [0.717, 1.165) is 21.7 Å². The van der Waals surface area contributed by atoms with Crippen LogP contribution in [-0.2, 0) is 19.6 Å². The van der Waals surface area contributed by atoms with Crippen molar-refractivity contribution in [3.8, 4) is 5.75 Å². The molecule has 29 heavy (non-hydrogen) atoms. The van der Waals surface area contributed by atoms with Gasteiger partial charge in [-0.1, -0.05) is 6.07 Å². The van der Waals surface area contributed by atoms with Gasteiger partial charge in [-0.05, 0) is 66.9 Å². The van der Waals surface area contributed by atoms with E-state index < -0.39 is 28.4 Å². The molecule has 2 aromatic carbocycles. The molecule has 8 nitrogen and oxygen atoms in total. The van der Waals surface area contributed by atoms with Gasteiger partial charge >= 0.3 is 5.97 Å². The van der Waals surface area contributed by atoms with Gasteiger partial charge in [0.15, 0.2) is 0 Å². The average Bonchev–Trinajstić information content (AvgIpc) is 2.62. The summed E-state index contributed by atoms with van der Waals surface area (Å²) in [5, 5.41) is 3.84. The molecule has 0 bridgehead atoms. The van der Waals surface area contributed by atoms with Crippen molar-refractivity contribution in [1.29, 1.82) is 0 Å². The highest BCUT2D eigenvalue weighted by atomic mass is 32.2. The largest absolute Gasteiger partial charge is 0.427 e. The molecule has 1 N–H and O–H groups in total. The highest BCUT2D eigenvalue weighted by Crippen LogP contribution is 2.21.